The van der Waals surface area contributed by atoms with Gasteiger partial charge in [0.05, 0.1) is 30.8 Å². The maximum Gasteiger partial charge on any atom is 0.231 e. The molecule has 178 valence electrons. The second-order valence-corrected chi connectivity index (χ2v) is 8.56. The zero-order valence-corrected chi connectivity index (χ0v) is 19.5. The molecule has 1 aliphatic heterocycles. The monoisotopic (exact) mass is 470 g/mol. The van der Waals surface area contributed by atoms with Crippen LogP contribution < -0.4 is 10.6 Å². The number of fused-ring (bicyclic) bond motifs is 1. The fourth-order valence-electron chi connectivity index (χ4n) is 4.07. The third-order valence-corrected chi connectivity index (χ3v) is 5.97. The zero-order chi connectivity index (χ0) is 24.4. The standard InChI is InChI=1S/C26H26N6O3/c1-16-12-27-25(35-16)21-13-28-26(31-24(21)30-22(15-33)17-6-4-3-5-7-17)29-20-9-8-18-11-23(34)32(2)14-19(18)10-20/h3-10,12-13,22,33H,11,14-15H2,1-2H3,(H2,28,29,30,31)/t22-/m1/s1. The molecule has 9 nitrogen and oxygen atoms in total. The maximum atomic E-state index is 12.0. The van der Waals surface area contributed by atoms with E-state index >= 15 is 0 Å². The first-order valence-electron chi connectivity index (χ1n) is 11.3. The molecule has 3 N–H and O–H groups in total. The first-order chi connectivity index (χ1) is 17.0. The van der Waals surface area contributed by atoms with Crippen LogP contribution in [0.2, 0.25) is 0 Å². The summed E-state index contributed by atoms with van der Waals surface area (Å²) in [5.74, 6) is 2.04. The van der Waals surface area contributed by atoms with Crippen molar-refractivity contribution in [2.75, 3.05) is 24.3 Å². The highest BCUT2D eigenvalue weighted by Crippen LogP contribution is 2.30. The number of hydrogen-bond acceptors (Lipinski definition) is 8. The van der Waals surface area contributed by atoms with Crippen molar-refractivity contribution >= 4 is 23.4 Å². The average molecular weight is 471 g/mol. The number of oxazole rings is 1. The predicted octanol–water partition coefficient (Wildman–Crippen LogP) is 3.84. The molecule has 0 radical (unpaired) electrons. The lowest BCUT2D eigenvalue weighted by Crippen LogP contribution is -2.32. The van der Waals surface area contributed by atoms with Crippen molar-refractivity contribution in [3.05, 3.63) is 83.4 Å². The van der Waals surface area contributed by atoms with Crippen molar-refractivity contribution in [3.8, 4) is 11.5 Å². The summed E-state index contributed by atoms with van der Waals surface area (Å²) < 4.78 is 5.72. The van der Waals surface area contributed by atoms with Gasteiger partial charge in [-0.15, -0.1) is 0 Å². The van der Waals surface area contributed by atoms with E-state index in [-0.39, 0.29) is 18.6 Å². The number of carbonyl (C=O) groups excluding carboxylic acids is 1. The lowest BCUT2D eigenvalue weighted by atomic mass is 9.99. The molecule has 3 heterocycles. The topological polar surface area (TPSA) is 116 Å². The van der Waals surface area contributed by atoms with Crippen LogP contribution >= 0.6 is 0 Å². The highest BCUT2D eigenvalue weighted by molar-refractivity contribution is 5.81. The highest BCUT2D eigenvalue weighted by Gasteiger charge is 2.21. The van der Waals surface area contributed by atoms with Gasteiger partial charge in [0, 0.05) is 25.5 Å². The van der Waals surface area contributed by atoms with Gasteiger partial charge in [-0.2, -0.15) is 4.98 Å². The number of rotatable bonds is 7. The van der Waals surface area contributed by atoms with Crippen LogP contribution in [0.15, 0.2) is 65.3 Å². The summed E-state index contributed by atoms with van der Waals surface area (Å²) in [6.07, 6.45) is 3.69. The van der Waals surface area contributed by atoms with Gasteiger partial charge in [-0.1, -0.05) is 36.4 Å². The van der Waals surface area contributed by atoms with Gasteiger partial charge in [-0.3, -0.25) is 4.79 Å². The number of hydrogen-bond donors (Lipinski definition) is 3. The molecule has 0 saturated carbocycles. The lowest BCUT2D eigenvalue weighted by Gasteiger charge is -2.25. The van der Waals surface area contributed by atoms with Crippen molar-refractivity contribution in [1.82, 2.24) is 19.9 Å². The van der Waals surface area contributed by atoms with Crippen molar-refractivity contribution in [2.45, 2.75) is 25.9 Å². The Morgan fingerprint density at radius 2 is 1.94 bits per heavy atom. The van der Waals surface area contributed by atoms with Crippen molar-refractivity contribution in [2.24, 2.45) is 0 Å². The molecule has 9 heteroatoms. The number of benzene rings is 2. The van der Waals surface area contributed by atoms with Gasteiger partial charge in [-0.05, 0) is 35.7 Å². The molecular formula is C26H26N6O3. The van der Waals surface area contributed by atoms with Crippen LogP contribution in [0.4, 0.5) is 17.5 Å². The summed E-state index contributed by atoms with van der Waals surface area (Å²) in [5.41, 5.74) is 4.45. The van der Waals surface area contributed by atoms with E-state index in [2.05, 4.69) is 20.6 Å². The molecule has 0 saturated heterocycles. The van der Waals surface area contributed by atoms with Gasteiger partial charge in [-0.25, -0.2) is 9.97 Å². The molecule has 4 aromatic rings. The van der Waals surface area contributed by atoms with E-state index < -0.39 is 0 Å². The minimum Gasteiger partial charge on any atom is -0.441 e. The molecule has 1 amide bonds. The third kappa shape index (κ3) is 4.85. The van der Waals surface area contributed by atoms with Crippen LogP contribution in [0.25, 0.3) is 11.5 Å². The molecule has 35 heavy (non-hydrogen) atoms. The van der Waals surface area contributed by atoms with E-state index in [0.717, 1.165) is 22.4 Å². The SMILES string of the molecule is Cc1cnc(-c2cnc(Nc3ccc4c(c3)CN(C)C(=O)C4)nc2N[C@H](CO)c2ccccc2)o1. The number of amides is 1. The van der Waals surface area contributed by atoms with Crippen LogP contribution in [0.1, 0.15) is 28.5 Å². The van der Waals surface area contributed by atoms with E-state index in [1.165, 1.54) is 0 Å². The summed E-state index contributed by atoms with van der Waals surface area (Å²) in [5, 5.41) is 16.7. The van der Waals surface area contributed by atoms with E-state index in [1.807, 2.05) is 55.5 Å². The summed E-state index contributed by atoms with van der Waals surface area (Å²) in [7, 11) is 1.81. The minimum atomic E-state index is -0.384. The molecule has 5 rings (SSSR count). The van der Waals surface area contributed by atoms with Gasteiger partial charge in [0.15, 0.2) is 0 Å². The Labute approximate surface area is 202 Å². The Bertz CT molecular complexity index is 1350. The fourth-order valence-corrected chi connectivity index (χ4v) is 4.07. The number of aliphatic hydroxyl groups is 1. The molecule has 0 spiro atoms. The third-order valence-electron chi connectivity index (χ3n) is 5.97. The molecule has 0 unspecified atom stereocenters. The second kappa shape index (κ2) is 9.55. The highest BCUT2D eigenvalue weighted by atomic mass is 16.4. The van der Waals surface area contributed by atoms with Crippen LogP contribution in [0.3, 0.4) is 0 Å². The summed E-state index contributed by atoms with van der Waals surface area (Å²) >= 11 is 0. The number of nitrogens with one attached hydrogen (secondary N) is 2. The van der Waals surface area contributed by atoms with E-state index in [9.17, 15) is 9.90 Å². The first kappa shape index (κ1) is 22.5. The van der Waals surface area contributed by atoms with E-state index in [1.54, 1.807) is 24.3 Å². The summed E-state index contributed by atoms with van der Waals surface area (Å²) in [4.78, 5) is 27.2. The van der Waals surface area contributed by atoms with E-state index in [4.69, 9.17) is 9.40 Å². The van der Waals surface area contributed by atoms with Gasteiger partial charge < -0.3 is 25.1 Å². The molecule has 0 bridgehead atoms. The number of nitrogens with zero attached hydrogens (tertiary/aromatic N) is 4. The molecule has 2 aromatic carbocycles. The number of aliphatic hydroxyl groups excluding tert-OH is 1. The van der Waals surface area contributed by atoms with Crippen LogP contribution in [0, 0.1) is 6.92 Å². The number of aromatic nitrogens is 3. The van der Waals surface area contributed by atoms with Gasteiger partial charge in [0.2, 0.25) is 17.7 Å². The number of aryl methyl sites for hydroxylation is 1. The van der Waals surface area contributed by atoms with Crippen LogP contribution in [-0.2, 0) is 17.8 Å². The van der Waals surface area contributed by atoms with Gasteiger partial charge in [0.25, 0.3) is 0 Å². The Hall–Kier alpha value is -4.24. The Morgan fingerprint density at radius 3 is 2.69 bits per heavy atom. The molecule has 2 aromatic heterocycles. The lowest BCUT2D eigenvalue weighted by molar-refractivity contribution is -0.130. The summed E-state index contributed by atoms with van der Waals surface area (Å²) in [6, 6.07) is 15.2. The first-order valence-corrected chi connectivity index (χ1v) is 11.3. The molecule has 1 aliphatic rings. The minimum absolute atomic E-state index is 0.117. The fraction of sp³-hybridized carbons (Fsp3) is 0.231. The van der Waals surface area contributed by atoms with Gasteiger partial charge in [0.1, 0.15) is 11.6 Å². The predicted molar refractivity (Wildman–Crippen MR) is 132 cm³/mol. The Balaban J connectivity index is 1.46. The Morgan fingerprint density at radius 1 is 1.11 bits per heavy atom. The van der Waals surface area contributed by atoms with Crippen molar-refractivity contribution < 1.29 is 14.3 Å². The largest absolute Gasteiger partial charge is 0.441 e. The normalized spacial score (nSPS) is 13.9. The van der Waals surface area contributed by atoms with E-state index in [0.29, 0.717) is 41.9 Å². The van der Waals surface area contributed by atoms with Crippen LogP contribution in [-0.4, -0.2) is 44.5 Å². The number of likely N-dealkylation sites (N-methyl/N-ethyl adjacent to an activating group) is 1. The molecular weight excluding hydrogens is 444 g/mol. The number of anilines is 3. The number of carbonyl (C=O) groups is 1. The molecule has 0 fully saturated rings. The summed E-state index contributed by atoms with van der Waals surface area (Å²) in [6.45, 7) is 2.26. The molecule has 0 aliphatic carbocycles. The Kier molecular flexibility index (Phi) is 6.15. The average Bonchev–Trinajstić information content (AvgIpc) is 3.30. The molecule has 1 atom stereocenters. The second-order valence-electron chi connectivity index (χ2n) is 8.56. The van der Waals surface area contributed by atoms with Crippen molar-refractivity contribution in [3.63, 3.8) is 0 Å². The zero-order valence-electron chi connectivity index (χ0n) is 19.5. The van der Waals surface area contributed by atoms with Crippen molar-refractivity contribution in [1.29, 1.82) is 0 Å². The maximum absolute atomic E-state index is 12.0. The smallest absolute Gasteiger partial charge is 0.231 e. The van der Waals surface area contributed by atoms with Crippen LogP contribution in [0.5, 0.6) is 0 Å². The van der Waals surface area contributed by atoms with Gasteiger partial charge >= 0.3 is 0 Å². The quantitative estimate of drug-likeness (QED) is 0.373.